The van der Waals surface area contributed by atoms with Crippen molar-refractivity contribution in [3.8, 4) is 11.4 Å². The molecule has 0 unspecified atom stereocenters. The molecule has 0 bridgehead atoms. The molecule has 1 aliphatic rings. The van der Waals surface area contributed by atoms with Gasteiger partial charge >= 0.3 is 0 Å². The number of hydrogen-bond acceptors (Lipinski definition) is 6. The summed E-state index contributed by atoms with van der Waals surface area (Å²) in [6.45, 7) is 4.54. The Morgan fingerprint density at radius 1 is 1.29 bits per heavy atom. The molecule has 0 amide bonds. The van der Waals surface area contributed by atoms with Crippen molar-refractivity contribution in [1.29, 1.82) is 0 Å². The minimum absolute atomic E-state index is 0.329. The molecule has 2 heterocycles. The van der Waals surface area contributed by atoms with E-state index in [1.54, 1.807) is 11.8 Å². The van der Waals surface area contributed by atoms with Crippen molar-refractivity contribution in [2.75, 3.05) is 43.3 Å². The lowest BCUT2D eigenvalue weighted by atomic mass is 10.2. The third kappa shape index (κ3) is 3.82. The van der Waals surface area contributed by atoms with Gasteiger partial charge < -0.3 is 15.0 Å². The first-order valence-electron chi connectivity index (χ1n) is 8.20. The van der Waals surface area contributed by atoms with Gasteiger partial charge in [-0.3, -0.25) is 0 Å². The largest absolute Gasteiger partial charge is 0.388 e. The van der Waals surface area contributed by atoms with Crippen LogP contribution in [-0.4, -0.2) is 49.1 Å². The van der Waals surface area contributed by atoms with Crippen LogP contribution in [0.1, 0.15) is 12.6 Å². The summed E-state index contributed by atoms with van der Waals surface area (Å²) in [7, 11) is 1.92. The molecule has 1 aliphatic heterocycles. The molecule has 6 heteroatoms. The minimum atomic E-state index is 0.329. The lowest BCUT2D eigenvalue weighted by molar-refractivity contribution is 0.0985. The third-order valence-electron chi connectivity index (χ3n) is 4.15. The van der Waals surface area contributed by atoms with Crippen LogP contribution >= 0.6 is 11.8 Å². The Bertz CT molecular complexity index is 677. The summed E-state index contributed by atoms with van der Waals surface area (Å²) in [5.74, 6) is 2.67. The Morgan fingerprint density at radius 2 is 2.08 bits per heavy atom. The van der Waals surface area contributed by atoms with Crippen LogP contribution in [0.2, 0.25) is 0 Å². The van der Waals surface area contributed by atoms with Gasteiger partial charge in [-0.15, -0.1) is 0 Å². The lowest BCUT2D eigenvalue weighted by Crippen LogP contribution is -2.44. The SMILES string of the molecule is CNc1ccc(-c2nc(CSC)cc(N3CCOC[C@@H]3C)n2)cc1. The zero-order valence-electron chi connectivity index (χ0n) is 14.5. The van der Waals surface area contributed by atoms with E-state index in [0.717, 1.165) is 54.1 Å². The summed E-state index contributed by atoms with van der Waals surface area (Å²) in [4.78, 5) is 11.9. The topological polar surface area (TPSA) is 50.3 Å². The Balaban J connectivity index is 1.98. The molecule has 128 valence electrons. The van der Waals surface area contributed by atoms with Crippen molar-refractivity contribution in [3.63, 3.8) is 0 Å². The maximum atomic E-state index is 5.56. The van der Waals surface area contributed by atoms with Gasteiger partial charge in [0.2, 0.25) is 0 Å². The highest BCUT2D eigenvalue weighted by Gasteiger charge is 2.21. The van der Waals surface area contributed by atoms with E-state index in [9.17, 15) is 0 Å². The number of thioether (sulfide) groups is 1. The Hall–Kier alpha value is -1.79. The highest BCUT2D eigenvalue weighted by atomic mass is 32.2. The highest BCUT2D eigenvalue weighted by Crippen LogP contribution is 2.25. The van der Waals surface area contributed by atoms with Crippen LogP contribution in [0.15, 0.2) is 30.3 Å². The van der Waals surface area contributed by atoms with Crippen molar-refractivity contribution in [1.82, 2.24) is 9.97 Å². The van der Waals surface area contributed by atoms with Crippen molar-refractivity contribution in [3.05, 3.63) is 36.0 Å². The first-order valence-corrected chi connectivity index (χ1v) is 9.60. The van der Waals surface area contributed by atoms with E-state index < -0.39 is 0 Å². The summed E-state index contributed by atoms with van der Waals surface area (Å²) in [5, 5.41) is 3.14. The number of rotatable bonds is 5. The number of ether oxygens (including phenoxy) is 1. The van der Waals surface area contributed by atoms with Crippen LogP contribution < -0.4 is 10.2 Å². The minimum Gasteiger partial charge on any atom is -0.388 e. The Labute approximate surface area is 147 Å². The van der Waals surface area contributed by atoms with E-state index in [0.29, 0.717) is 6.04 Å². The van der Waals surface area contributed by atoms with Crippen molar-refractivity contribution < 1.29 is 4.74 Å². The van der Waals surface area contributed by atoms with Gasteiger partial charge in [-0.25, -0.2) is 9.97 Å². The van der Waals surface area contributed by atoms with Gasteiger partial charge in [-0.2, -0.15) is 11.8 Å². The van der Waals surface area contributed by atoms with Gasteiger partial charge in [0.1, 0.15) is 5.82 Å². The predicted octanol–water partition coefficient (Wildman–Crippen LogP) is 3.27. The van der Waals surface area contributed by atoms with E-state index in [1.165, 1.54) is 0 Å². The van der Waals surface area contributed by atoms with Gasteiger partial charge in [0, 0.05) is 36.7 Å². The highest BCUT2D eigenvalue weighted by molar-refractivity contribution is 7.97. The third-order valence-corrected chi connectivity index (χ3v) is 4.74. The quantitative estimate of drug-likeness (QED) is 0.898. The fraction of sp³-hybridized carbons (Fsp3) is 0.444. The number of hydrogen-bond donors (Lipinski definition) is 1. The summed E-state index contributed by atoms with van der Waals surface area (Å²) < 4.78 is 5.56. The van der Waals surface area contributed by atoms with Crippen LogP contribution in [0, 0.1) is 0 Å². The molecule has 0 aliphatic carbocycles. The smallest absolute Gasteiger partial charge is 0.161 e. The first kappa shape index (κ1) is 17.0. The molecule has 2 aromatic rings. The molecule has 1 N–H and O–H groups in total. The van der Waals surface area contributed by atoms with Crippen molar-refractivity contribution in [2.24, 2.45) is 0 Å². The molecule has 1 atom stereocenters. The van der Waals surface area contributed by atoms with E-state index in [2.05, 4.69) is 53.7 Å². The number of nitrogens with one attached hydrogen (secondary N) is 1. The van der Waals surface area contributed by atoms with Gasteiger partial charge in [0.15, 0.2) is 5.82 Å². The molecular weight excluding hydrogens is 320 g/mol. The van der Waals surface area contributed by atoms with Crippen LogP contribution in [0.5, 0.6) is 0 Å². The summed E-state index contributed by atoms with van der Waals surface area (Å²) in [6, 6.07) is 10.7. The van der Waals surface area contributed by atoms with E-state index in [4.69, 9.17) is 14.7 Å². The van der Waals surface area contributed by atoms with Gasteiger partial charge in [0.25, 0.3) is 0 Å². The molecule has 3 rings (SSSR count). The zero-order chi connectivity index (χ0) is 16.9. The normalized spacial score (nSPS) is 17.8. The van der Waals surface area contributed by atoms with Crippen LogP contribution in [0.25, 0.3) is 11.4 Å². The number of benzene rings is 1. The Morgan fingerprint density at radius 3 is 2.75 bits per heavy atom. The number of aromatic nitrogens is 2. The molecule has 1 aromatic heterocycles. The molecule has 0 radical (unpaired) electrons. The van der Waals surface area contributed by atoms with E-state index in [-0.39, 0.29) is 0 Å². The fourth-order valence-corrected chi connectivity index (χ4v) is 3.28. The maximum absolute atomic E-state index is 5.56. The van der Waals surface area contributed by atoms with Crippen molar-refractivity contribution in [2.45, 2.75) is 18.7 Å². The molecule has 24 heavy (non-hydrogen) atoms. The Kier molecular flexibility index (Phi) is 5.58. The molecular formula is C18H24N4OS. The fourth-order valence-electron chi connectivity index (χ4n) is 2.83. The summed E-state index contributed by atoms with van der Waals surface area (Å²) >= 11 is 1.78. The molecule has 1 aromatic carbocycles. The summed E-state index contributed by atoms with van der Waals surface area (Å²) in [5.41, 5.74) is 3.19. The average molecular weight is 344 g/mol. The standard InChI is InChI=1S/C18H24N4OS/c1-13-11-23-9-8-22(13)17-10-16(12-24-3)20-18(21-17)14-4-6-15(19-2)7-5-14/h4-7,10,13,19H,8-9,11-12H2,1-3H3/t13-/m0/s1. The van der Waals surface area contributed by atoms with Gasteiger partial charge in [0.05, 0.1) is 24.9 Å². The van der Waals surface area contributed by atoms with Crippen LogP contribution in [-0.2, 0) is 10.5 Å². The number of morpholine rings is 1. The first-order chi connectivity index (χ1) is 11.7. The zero-order valence-corrected chi connectivity index (χ0v) is 15.3. The molecule has 5 nitrogen and oxygen atoms in total. The monoisotopic (exact) mass is 344 g/mol. The summed E-state index contributed by atoms with van der Waals surface area (Å²) in [6.07, 6.45) is 2.10. The lowest BCUT2D eigenvalue weighted by Gasteiger charge is -2.34. The van der Waals surface area contributed by atoms with Crippen LogP contribution in [0.4, 0.5) is 11.5 Å². The van der Waals surface area contributed by atoms with Crippen LogP contribution in [0.3, 0.4) is 0 Å². The van der Waals surface area contributed by atoms with Crippen molar-refractivity contribution >= 4 is 23.3 Å². The second-order valence-corrected chi connectivity index (χ2v) is 6.78. The molecule has 1 saturated heterocycles. The second kappa shape index (κ2) is 7.85. The van der Waals surface area contributed by atoms with E-state index >= 15 is 0 Å². The predicted molar refractivity (Wildman–Crippen MR) is 102 cm³/mol. The molecule has 0 saturated carbocycles. The number of anilines is 2. The molecule has 1 fully saturated rings. The number of nitrogens with zero attached hydrogens (tertiary/aromatic N) is 3. The average Bonchev–Trinajstić information content (AvgIpc) is 2.62. The molecule has 0 spiro atoms. The van der Waals surface area contributed by atoms with E-state index in [1.807, 2.05) is 7.05 Å². The second-order valence-electron chi connectivity index (χ2n) is 5.92. The van der Waals surface area contributed by atoms with Gasteiger partial charge in [-0.05, 0) is 37.4 Å². The van der Waals surface area contributed by atoms with Gasteiger partial charge in [-0.1, -0.05) is 0 Å². The maximum Gasteiger partial charge on any atom is 0.161 e.